The quantitative estimate of drug-likeness (QED) is 0.613. The minimum absolute atomic E-state index is 0.0275. The van der Waals surface area contributed by atoms with E-state index in [0.717, 1.165) is 30.6 Å². The molecule has 2 aromatic heterocycles. The summed E-state index contributed by atoms with van der Waals surface area (Å²) < 4.78 is 1.73. The van der Waals surface area contributed by atoms with Crippen LogP contribution >= 0.6 is 0 Å². The minimum atomic E-state index is -0.250. The fraction of sp³-hybridized carbons (Fsp3) is 0.333. The predicted molar refractivity (Wildman–Crippen MR) is 51.5 cm³/mol. The van der Waals surface area contributed by atoms with Crippen molar-refractivity contribution in [3.63, 3.8) is 0 Å². The summed E-state index contributed by atoms with van der Waals surface area (Å²) in [6.07, 6.45) is 1.84. The first-order valence-electron chi connectivity index (χ1n) is 4.60. The molecule has 0 amide bonds. The van der Waals surface area contributed by atoms with E-state index in [4.69, 9.17) is 0 Å². The van der Waals surface area contributed by atoms with Crippen LogP contribution in [-0.2, 0) is 13.0 Å². The number of H-pyrrole nitrogens is 2. The lowest BCUT2D eigenvalue weighted by Gasteiger charge is -2.01. The number of nitrogens with one attached hydrogen (secondary N) is 2. The highest BCUT2D eigenvalue weighted by Gasteiger charge is 2.16. The summed E-state index contributed by atoms with van der Waals surface area (Å²) in [5, 5.41) is 0. The molecule has 2 N–H and O–H groups in total. The standard InChI is InChI=1S/C9H9N3O2/c13-7-4-5-8(11-9(14)10-5)6-2-1-3-12(6)7/h4H,1-3H2,(H2,10,11,14). The van der Waals surface area contributed by atoms with Gasteiger partial charge in [-0.15, -0.1) is 0 Å². The van der Waals surface area contributed by atoms with E-state index in [1.807, 2.05) is 0 Å². The third kappa shape index (κ3) is 0.837. The Labute approximate surface area is 78.4 Å². The highest BCUT2D eigenvalue weighted by molar-refractivity contribution is 5.76. The number of hydrogen-bond donors (Lipinski definition) is 2. The number of rotatable bonds is 0. The number of fused-ring (bicyclic) bond motifs is 3. The van der Waals surface area contributed by atoms with E-state index in [2.05, 4.69) is 9.97 Å². The first kappa shape index (κ1) is 7.61. The highest BCUT2D eigenvalue weighted by Crippen LogP contribution is 2.18. The summed E-state index contributed by atoms with van der Waals surface area (Å²) in [7, 11) is 0. The van der Waals surface area contributed by atoms with Crippen LogP contribution in [0.15, 0.2) is 15.7 Å². The number of imidazole rings is 1. The Kier molecular flexibility index (Phi) is 1.29. The average Bonchev–Trinajstić information content (AvgIpc) is 2.69. The topological polar surface area (TPSA) is 70.7 Å². The first-order valence-corrected chi connectivity index (χ1v) is 4.60. The molecule has 2 aromatic rings. The van der Waals surface area contributed by atoms with Crippen LogP contribution in [0.5, 0.6) is 0 Å². The highest BCUT2D eigenvalue weighted by atomic mass is 16.1. The fourth-order valence-corrected chi connectivity index (χ4v) is 2.11. The summed E-state index contributed by atoms with van der Waals surface area (Å²) >= 11 is 0. The smallest absolute Gasteiger partial charge is 0.310 e. The second-order valence-corrected chi connectivity index (χ2v) is 3.55. The van der Waals surface area contributed by atoms with Crippen molar-refractivity contribution < 1.29 is 0 Å². The summed E-state index contributed by atoms with van der Waals surface area (Å²) in [4.78, 5) is 28.0. The molecule has 1 aliphatic rings. The van der Waals surface area contributed by atoms with Gasteiger partial charge in [-0.3, -0.25) is 4.79 Å². The van der Waals surface area contributed by atoms with Crippen molar-refractivity contribution in [2.75, 3.05) is 0 Å². The summed E-state index contributed by atoms with van der Waals surface area (Å²) in [5.74, 6) is 0. The minimum Gasteiger partial charge on any atom is -0.310 e. The van der Waals surface area contributed by atoms with E-state index >= 15 is 0 Å². The Morgan fingerprint density at radius 3 is 3.00 bits per heavy atom. The van der Waals surface area contributed by atoms with Gasteiger partial charge in [0.15, 0.2) is 0 Å². The second kappa shape index (κ2) is 2.37. The number of pyridine rings is 1. The van der Waals surface area contributed by atoms with Crippen molar-refractivity contribution >= 4 is 11.0 Å². The van der Waals surface area contributed by atoms with Gasteiger partial charge >= 0.3 is 5.69 Å². The molecule has 14 heavy (non-hydrogen) atoms. The van der Waals surface area contributed by atoms with Gasteiger partial charge in [0.25, 0.3) is 5.56 Å². The lowest BCUT2D eigenvalue weighted by molar-refractivity contribution is 0.723. The monoisotopic (exact) mass is 191 g/mol. The number of nitrogens with zero attached hydrogens (tertiary/aromatic N) is 1. The van der Waals surface area contributed by atoms with E-state index < -0.39 is 0 Å². The zero-order valence-corrected chi connectivity index (χ0v) is 7.46. The number of hydrogen-bond acceptors (Lipinski definition) is 2. The van der Waals surface area contributed by atoms with Crippen LogP contribution in [0.2, 0.25) is 0 Å². The molecule has 0 saturated heterocycles. The fourth-order valence-electron chi connectivity index (χ4n) is 2.11. The molecule has 0 fully saturated rings. The van der Waals surface area contributed by atoms with Crippen molar-refractivity contribution in [1.29, 1.82) is 0 Å². The number of aromatic amines is 2. The molecule has 0 aliphatic carbocycles. The van der Waals surface area contributed by atoms with Crippen molar-refractivity contribution in [3.8, 4) is 0 Å². The van der Waals surface area contributed by atoms with Gasteiger partial charge in [0.2, 0.25) is 0 Å². The molecule has 1 aliphatic heterocycles. The SMILES string of the molecule is O=c1[nH]c2cc(=O)n3c(c2[nH]1)CCC3. The summed E-state index contributed by atoms with van der Waals surface area (Å²) in [6, 6.07) is 1.47. The molecule has 0 saturated carbocycles. The lowest BCUT2D eigenvalue weighted by Crippen LogP contribution is -2.18. The number of aromatic nitrogens is 3. The van der Waals surface area contributed by atoms with E-state index in [-0.39, 0.29) is 11.2 Å². The largest absolute Gasteiger partial charge is 0.323 e. The van der Waals surface area contributed by atoms with Crippen LogP contribution in [0.25, 0.3) is 11.0 Å². The molecular weight excluding hydrogens is 182 g/mol. The maximum absolute atomic E-state index is 11.6. The average molecular weight is 191 g/mol. The number of aryl methyl sites for hydroxylation is 1. The maximum Gasteiger partial charge on any atom is 0.323 e. The lowest BCUT2D eigenvalue weighted by atomic mass is 10.2. The van der Waals surface area contributed by atoms with Gasteiger partial charge in [-0.1, -0.05) is 0 Å². The second-order valence-electron chi connectivity index (χ2n) is 3.55. The van der Waals surface area contributed by atoms with Gasteiger partial charge in [0.1, 0.15) is 0 Å². The molecule has 0 aromatic carbocycles. The Morgan fingerprint density at radius 2 is 2.14 bits per heavy atom. The van der Waals surface area contributed by atoms with Crippen LogP contribution in [0, 0.1) is 0 Å². The molecule has 72 valence electrons. The molecule has 5 nitrogen and oxygen atoms in total. The zero-order valence-electron chi connectivity index (χ0n) is 7.46. The molecule has 0 unspecified atom stereocenters. The van der Waals surface area contributed by atoms with E-state index in [1.165, 1.54) is 6.07 Å². The molecule has 3 rings (SSSR count). The first-order chi connectivity index (χ1) is 6.75. The Balaban J connectivity index is 2.57. The molecular formula is C9H9N3O2. The van der Waals surface area contributed by atoms with E-state index in [1.54, 1.807) is 4.57 Å². The van der Waals surface area contributed by atoms with Gasteiger partial charge in [0, 0.05) is 18.3 Å². The van der Waals surface area contributed by atoms with Crippen LogP contribution in [0.4, 0.5) is 0 Å². The van der Waals surface area contributed by atoms with Gasteiger partial charge in [0.05, 0.1) is 11.0 Å². The van der Waals surface area contributed by atoms with Crippen LogP contribution in [0.3, 0.4) is 0 Å². The van der Waals surface area contributed by atoms with E-state index in [9.17, 15) is 9.59 Å². The van der Waals surface area contributed by atoms with Crippen LogP contribution in [0.1, 0.15) is 12.1 Å². The normalized spacial score (nSPS) is 14.9. The van der Waals surface area contributed by atoms with Crippen molar-refractivity contribution in [2.45, 2.75) is 19.4 Å². The third-order valence-electron chi connectivity index (χ3n) is 2.70. The molecule has 0 spiro atoms. The van der Waals surface area contributed by atoms with Gasteiger partial charge in [-0.05, 0) is 12.8 Å². The predicted octanol–water partition coefficient (Wildman–Crippen LogP) is -0.0359. The zero-order chi connectivity index (χ0) is 9.71. The molecule has 5 heteroatoms. The van der Waals surface area contributed by atoms with Gasteiger partial charge in [-0.2, -0.15) is 0 Å². The van der Waals surface area contributed by atoms with Gasteiger partial charge < -0.3 is 14.5 Å². The van der Waals surface area contributed by atoms with E-state index in [0.29, 0.717) is 5.52 Å². The third-order valence-corrected chi connectivity index (χ3v) is 2.70. The molecule has 0 atom stereocenters. The molecule has 3 heterocycles. The van der Waals surface area contributed by atoms with Crippen LogP contribution < -0.4 is 11.2 Å². The van der Waals surface area contributed by atoms with Gasteiger partial charge in [-0.25, -0.2) is 4.79 Å². The summed E-state index contributed by atoms with van der Waals surface area (Å²) in [5.41, 5.74) is 2.08. The maximum atomic E-state index is 11.6. The van der Waals surface area contributed by atoms with Crippen molar-refractivity contribution in [2.24, 2.45) is 0 Å². The summed E-state index contributed by atoms with van der Waals surface area (Å²) in [6.45, 7) is 0.761. The molecule has 0 radical (unpaired) electrons. The van der Waals surface area contributed by atoms with Crippen molar-refractivity contribution in [3.05, 3.63) is 32.6 Å². The Bertz CT molecular complexity index is 617. The van der Waals surface area contributed by atoms with Crippen LogP contribution in [-0.4, -0.2) is 14.5 Å². The Hall–Kier alpha value is -1.78. The van der Waals surface area contributed by atoms with Crippen molar-refractivity contribution in [1.82, 2.24) is 14.5 Å². The Morgan fingerprint density at radius 1 is 1.29 bits per heavy atom. The molecule has 0 bridgehead atoms.